The highest BCUT2D eigenvalue weighted by Crippen LogP contribution is 2.19. The molecule has 0 radical (unpaired) electrons. The average Bonchev–Trinajstić information content (AvgIpc) is 2.72. The third-order valence-electron chi connectivity index (χ3n) is 4.64. The maximum atomic E-state index is 12.5. The molecule has 0 aromatic carbocycles. The number of unbranched alkanes of at least 4 members (excludes halogenated alkanes) is 1. The lowest BCUT2D eigenvalue weighted by Gasteiger charge is -2.36. The first-order chi connectivity index (χ1) is 12.7. The number of hydrogen-bond acceptors (Lipinski definition) is 6. The van der Waals surface area contributed by atoms with Gasteiger partial charge in [-0.15, -0.1) is 0 Å². The second-order valence-electron chi connectivity index (χ2n) is 6.50. The fourth-order valence-corrected chi connectivity index (χ4v) is 3.04. The van der Waals surface area contributed by atoms with Gasteiger partial charge in [0.1, 0.15) is 5.69 Å². The Kier molecular flexibility index (Phi) is 5.99. The van der Waals surface area contributed by atoms with Gasteiger partial charge in [0.25, 0.3) is 5.91 Å². The zero-order chi connectivity index (χ0) is 18.4. The van der Waals surface area contributed by atoms with Crippen LogP contribution < -0.4 is 9.80 Å². The summed E-state index contributed by atoms with van der Waals surface area (Å²) in [6, 6.07) is 5.70. The molecule has 7 heteroatoms. The zero-order valence-electron chi connectivity index (χ0n) is 15.5. The molecular formula is C19H26N6O. The topological polar surface area (TPSA) is 65.5 Å². The van der Waals surface area contributed by atoms with Gasteiger partial charge in [0, 0.05) is 64.0 Å². The van der Waals surface area contributed by atoms with Crippen LogP contribution in [0.3, 0.4) is 0 Å². The van der Waals surface area contributed by atoms with Crippen LogP contribution >= 0.6 is 0 Å². The number of amides is 1. The summed E-state index contributed by atoms with van der Waals surface area (Å²) in [6.45, 7) is 6.31. The maximum Gasteiger partial charge on any atom is 0.272 e. The van der Waals surface area contributed by atoms with Gasteiger partial charge in [-0.3, -0.25) is 9.78 Å². The summed E-state index contributed by atoms with van der Waals surface area (Å²) < 4.78 is 0. The summed E-state index contributed by atoms with van der Waals surface area (Å²) in [6.07, 6.45) is 7.34. The van der Waals surface area contributed by atoms with Crippen LogP contribution in [0.4, 0.5) is 11.6 Å². The molecule has 7 nitrogen and oxygen atoms in total. The number of hydrogen-bond donors (Lipinski definition) is 0. The van der Waals surface area contributed by atoms with Gasteiger partial charge in [-0.1, -0.05) is 13.3 Å². The van der Waals surface area contributed by atoms with Crippen LogP contribution in [0.15, 0.2) is 36.8 Å². The molecule has 0 saturated carbocycles. The molecule has 138 valence electrons. The van der Waals surface area contributed by atoms with E-state index in [4.69, 9.17) is 0 Å². The molecule has 1 aliphatic rings. The molecule has 0 N–H and O–H groups in total. The molecule has 1 fully saturated rings. The first-order valence-corrected chi connectivity index (χ1v) is 9.17. The van der Waals surface area contributed by atoms with E-state index in [2.05, 4.69) is 31.7 Å². The van der Waals surface area contributed by atoms with Gasteiger partial charge >= 0.3 is 0 Å². The summed E-state index contributed by atoms with van der Waals surface area (Å²) in [4.78, 5) is 31.7. The Bertz CT molecular complexity index is 715. The van der Waals surface area contributed by atoms with Crippen LogP contribution in [0.25, 0.3) is 0 Å². The molecule has 3 rings (SSSR count). The van der Waals surface area contributed by atoms with Crippen molar-refractivity contribution in [2.75, 3.05) is 49.6 Å². The van der Waals surface area contributed by atoms with E-state index >= 15 is 0 Å². The minimum absolute atomic E-state index is 0.0170. The Morgan fingerprint density at radius 1 is 1.08 bits per heavy atom. The molecule has 1 amide bonds. The number of rotatable bonds is 6. The number of piperazine rings is 1. The van der Waals surface area contributed by atoms with E-state index in [0.717, 1.165) is 57.2 Å². The lowest BCUT2D eigenvalue weighted by atomic mass is 10.2. The van der Waals surface area contributed by atoms with E-state index in [0.29, 0.717) is 5.69 Å². The van der Waals surface area contributed by atoms with Crippen molar-refractivity contribution in [1.82, 2.24) is 19.9 Å². The average molecular weight is 354 g/mol. The van der Waals surface area contributed by atoms with Gasteiger partial charge in [0.05, 0.1) is 0 Å². The van der Waals surface area contributed by atoms with E-state index in [1.54, 1.807) is 23.5 Å². The van der Waals surface area contributed by atoms with Gasteiger partial charge in [-0.2, -0.15) is 0 Å². The third-order valence-corrected chi connectivity index (χ3v) is 4.64. The molecule has 0 aliphatic carbocycles. The number of carbonyl (C=O) groups excluding carboxylic acids is 1. The van der Waals surface area contributed by atoms with Crippen molar-refractivity contribution in [2.45, 2.75) is 19.8 Å². The van der Waals surface area contributed by atoms with Crippen molar-refractivity contribution in [3.05, 3.63) is 42.5 Å². The minimum atomic E-state index is -0.0170. The van der Waals surface area contributed by atoms with Gasteiger partial charge in [-0.05, 0) is 24.6 Å². The minimum Gasteiger partial charge on any atom is -0.368 e. The molecular weight excluding hydrogens is 328 g/mol. The first-order valence-electron chi connectivity index (χ1n) is 9.17. The van der Waals surface area contributed by atoms with Crippen molar-refractivity contribution in [1.29, 1.82) is 0 Å². The third kappa shape index (κ3) is 4.28. The van der Waals surface area contributed by atoms with Crippen LogP contribution in [0, 0.1) is 0 Å². The fourth-order valence-electron chi connectivity index (χ4n) is 3.04. The van der Waals surface area contributed by atoms with Gasteiger partial charge in [0.15, 0.2) is 0 Å². The molecule has 3 heterocycles. The quantitative estimate of drug-likeness (QED) is 0.791. The Balaban J connectivity index is 1.63. The molecule has 0 atom stereocenters. The fraction of sp³-hybridized carbons (Fsp3) is 0.474. The second kappa shape index (κ2) is 8.60. The van der Waals surface area contributed by atoms with Crippen LogP contribution in [0.2, 0.25) is 0 Å². The predicted molar refractivity (Wildman–Crippen MR) is 103 cm³/mol. The highest BCUT2D eigenvalue weighted by Gasteiger charge is 2.20. The second-order valence-corrected chi connectivity index (χ2v) is 6.50. The number of anilines is 2. The van der Waals surface area contributed by atoms with Crippen molar-refractivity contribution >= 4 is 17.5 Å². The number of carbonyl (C=O) groups is 1. The first kappa shape index (κ1) is 18.1. The number of aromatic nitrogens is 3. The Morgan fingerprint density at radius 2 is 1.77 bits per heavy atom. The lowest BCUT2D eigenvalue weighted by Crippen LogP contribution is -2.47. The molecule has 1 aliphatic heterocycles. The molecule has 0 unspecified atom stereocenters. The van der Waals surface area contributed by atoms with Crippen LogP contribution in [-0.2, 0) is 0 Å². The predicted octanol–water partition coefficient (Wildman–Crippen LogP) is 2.07. The molecule has 2 aromatic heterocycles. The summed E-state index contributed by atoms with van der Waals surface area (Å²) in [5.41, 5.74) is 1.55. The maximum absolute atomic E-state index is 12.5. The van der Waals surface area contributed by atoms with Crippen LogP contribution in [0.5, 0.6) is 0 Å². The monoisotopic (exact) mass is 354 g/mol. The Hall–Kier alpha value is -2.70. The number of pyridine rings is 1. The van der Waals surface area contributed by atoms with Crippen LogP contribution in [0.1, 0.15) is 30.3 Å². The molecule has 2 aromatic rings. The van der Waals surface area contributed by atoms with E-state index < -0.39 is 0 Å². The van der Waals surface area contributed by atoms with Crippen molar-refractivity contribution < 1.29 is 4.79 Å². The molecule has 0 bridgehead atoms. The molecule has 26 heavy (non-hydrogen) atoms. The smallest absolute Gasteiger partial charge is 0.272 e. The highest BCUT2D eigenvalue weighted by atomic mass is 16.2. The zero-order valence-corrected chi connectivity index (χ0v) is 15.5. The van der Waals surface area contributed by atoms with Gasteiger partial charge < -0.3 is 14.7 Å². The normalized spacial score (nSPS) is 14.4. The summed E-state index contributed by atoms with van der Waals surface area (Å²) in [5, 5.41) is 0. The van der Waals surface area contributed by atoms with Crippen molar-refractivity contribution in [2.24, 2.45) is 0 Å². The van der Waals surface area contributed by atoms with Crippen molar-refractivity contribution in [3.8, 4) is 0 Å². The van der Waals surface area contributed by atoms with Gasteiger partial charge in [0.2, 0.25) is 5.95 Å². The Labute approximate surface area is 154 Å². The van der Waals surface area contributed by atoms with E-state index in [9.17, 15) is 4.79 Å². The van der Waals surface area contributed by atoms with E-state index in [1.807, 2.05) is 25.2 Å². The lowest BCUT2D eigenvalue weighted by molar-refractivity contribution is 0.0787. The standard InChI is InChI=1S/C19H26N6O/c1-3-4-10-23(2)18(26)17-15-16(6-9-20-17)24-11-13-25(14-12-24)19-21-7-5-8-22-19/h5-9,15H,3-4,10-14H2,1-2H3. The SMILES string of the molecule is CCCCN(C)C(=O)c1cc(N2CCN(c3ncccn3)CC2)ccn1. The summed E-state index contributed by atoms with van der Waals surface area (Å²) >= 11 is 0. The summed E-state index contributed by atoms with van der Waals surface area (Å²) in [5.74, 6) is 0.756. The van der Waals surface area contributed by atoms with E-state index in [1.165, 1.54) is 0 Å². The van der Waals surface area contributed by atoms with Crippen molar-refractivity contribution in [3.63, 3.8) is 0 Å². The molecule has 0 spiro atoms. The number of nitrogens with zero attached hydrogens (tertiary/aromatic N) is 6. The largest absolute Gasteiger partial charge is 0.368 e. The van der Waals surface area contributed by atoms with Gasteiger partial charge in [-0.25, -0.2) is 9.97 Å². The molecule has 1 saturated heterocycles. The highest BCUT2D eigenvalue weighted by molar-refractivity contribution is 5.93. The Morgan fingerprint density at radius 3 is 2.46 bits per heavy atom. The summed E-state index contributed by atoms with van der Waals surface area (Å²) in [7, 11) is 1.84. The van der Waals surface area contributed by atoms with Crippen LogP contribution in [-0.4, -0.2) is 65.5 Å². The van der Waals surface area contributed by atoms with E-state index in [-0.39, 0.29) is 5.91 Å².